The molecule has 2 rings (SSSR count). The largest absolute Gasteiger partial charge is 0.496 e. The molecule has 0 N–H and O–H groups in total. The van der Waals surface area contributed by atoms with E-state index in [1.54, 1.807) is 42.7 Å². The monoisotopic (exact) mass is 261 g/mol. The van der Waals surface area contributed by atoms with E-state index in [1.165, 1.54) is 0 Å². The fraction of sp³-hybridized carbons (Fsp3) is 0.214. The Morgan fingerprint density at radius 3 is 2.78 bits per heavy atom. The predicted molar refractivity (Wildman–Crippen MR) is 74.2 cm³/mol. The molecule has 0 fully saturated rings. The summed E-state index contributed by atoms with van der Waals surface area (Å²) < 4.78 is 6.86. The average Bonchev–Trinajstić information content (AvgIpc) is 2.40. The van der Waals surface area contributed by atoms with Crippen LogP contribution in [0.2, 0.25) is 0 Å². The van der Waals surface area contributed by atoms with Crippen molar-refractivity contribution in [3.8, 4) is 5.75 Å². The first-order chi connectivity index (χ1) is 8.70. The molecular weight excluding hydrogens is 246 g/mol. The van der Waals surface area contributed by atoms with Crippen molar-refractivity contribution >= 4 is 11.8 Å². The molecule has 0 aliphatic carbocycles. The lowest BCUT2D eigenvalue weighted by molar-refractivity contribution is 0.405. The second-order valence-electron chi connectivity index (χ2n) is 3.92. The van der Waals surface area contributed by atoms with Crippen LogP contribution in [0.1, 0.15) is 5.56 Å². The molecule has 1 aromatic heterocycles. The minimum atomic E-state index is 0.0214. The Hall–Kier alpha value is -1.68. The molecule has 3 nitrogen and oxygen atoms in total. The molecule has 1 heterocycles. The highest BCUT2D eigenvalue weighted by molar-refractivity contribution is 7.98. The van der Waals surface area contributed by atoms with E-state index in [2.05, 4.69) is 0 Å². The highest BCUT2D eigenvalue weighted by atomic mass is 32.2. The van der Waals surface area contributed by atoms with Crippen molar-refractivity contribution < 1.29 is 4.74 Å². The molecule has 0 saturated heterocycles. The molecule has 0 bridgehead atoms. The third-order valence-electron chi connectivity index (χ3n) is 2.63. The summed E-state index contributed by atoms with van der Waals surface area (Å²) in [4.78, 5) is 12.6. The lowest BCUT2D eigenvalue weighted by Gasteiger charge is -2.07. The van der Waals surface area contributed by atoms with Crippen molar-refractivity contribution in [1.82, 2.24) is 4.57 Å². The Morgan fingerprint density at radius 1 is 1.28 bits per heavy atom. The van der Waals surface area contributed by atoms with Crippen molar-refractivity contribution in [2.75, 3.05) is 7.11 Å². The van der Waals surface area contributed by atoms with Crippen LogP contribution in [0.25, 0.3) is 0 Å². The van der Waals surface area contributed by atoms with Gasteiger partial charge in [-0.05, 0) is 23.8 Å². The second-order valence-corrected chi connectivity index (χ2v) is 4.94. The molecule has 0 spiro atoms. The minimum Gasteiger partial charge on any atom is -0.496 e. The van der Waals surface area contributed by atoms with Gasteiger partial charge in [0.25, 0.3) is 5.56 Å². The topological polar surface area (TPSA) is 31.2 Å². The van der Waals surface area contributed by atoms with Crippen molar-refractivity contribution in [2.45, 2.75) is 10.6 Å². The summed E-state index contributed by atoms with van der Waals surface area (Å²) in [6.07, 6.45) is 1.79. The van der Waals surface area contributed by atoms with Crippen LogP contribution in [0.5, 0.6) is 5.75 Å². The van der Waals surface area contributed by atoms with E-state index >= 15 is 0 Å². The highest BCUT2D eigenvalue weighted by Crippen LogP contribution is 2.30. The van der Waals surface area contributed by atoms with E-state index in [4.69, 9.17) is 4.74 Å². The zero-order valence-electron chi connectivity index (χ0n) is 10.4. The lowest BCUT2D eigenvalue weighted by Crippen LogP contribution is -2.14. The molecule has 0 atom stereocenters. The average molecular weight is 261 g/mol. The maximum atomic E-state index is 11.5. The molecule has 94 valence electrons. The SMILES string of the molecule is COc1ccccc1SCc1ccn(C)c(=O)c1. The van der Waals surface area contributed by atoms with Gasteiger partial charge in [-0.1, -0.05) is 12.1 Å². The number of hydrogen-bond donors (Lipinski definition) is 0. The number of aryl methyl sites for hydroxylation is 1. The van der Waals surface area contributed by atoms with Crippen LogP contribution >= 0.6 is 11.8 Å². The van der Waals surface area contributed by atoms with Crippen molar-refractivity contribution in [3.05, 3.63) is 58.5 Å². The molecule has 0 saturated carbocycles. The molecule has 0 unspecified atom stereocenters. The summed E-state index contributed by atoms with van der Waals surface area (Å²) in [7, 11) is 3.41. The molecule has 4 heteroatoms. The van der Waals surface area contributed by atoms with Gasteiger partial charge in [-0.2, -0.15) is 0 Å². The third kappa shape index (κ3) is 2.96. The molecular formula is C14H15NO2S. The maximum Gasteiger partial charge on any atom is 0.250 e. The summed E-state index contributed by atoms with van der Waals surface area (Å²) >= 11 is 1.67. The number of nitrogens with zero attached hydrogens (tertiary/aromatic N) is 1. The Kier molecular flexibility index (Phi) is 4.10. The summed E-state index contributed by atoms with van der Waals surface area (Å²) in [5.74, 6) is 1.63. The van der Waals surface area contributed by atoms with Gasteiger partial charge in [-0.25, -0.2) is 0 Å². The van der Waals surface area contributed by atoms with Crippen LogP contribution in [0, 0.1) is 0 Å². The standard InChI is InChI=1S/C14H15NO2S/c1-15-8-7-11(9-14(15)16)10-18-13-6-4-3-5-12(13)17-2/h3-9H,10H2,1-2H3. The van der Waals surface area contributed by atoms with Crippen LogP contribution in [0.4, 0.5) is 0 Å². The van der Waals surface area contributed by atoms with E-state index in [1.807, 2.05) is 30.3 Å². The van der Waals surface area contributed by atoms with Crippen LogP contribution in [-0.2, 0) is 12.8 Å². The number of hydrogen-bond acceptors (Lipinski definition) is 3. The third-order valence-corrected chi connectivity index (χ3v) is 3.76. The first-order valence-electron chi connectivity index (χ1n) is 5.62. The second kappa shape index (κ2) is 5.78. The van der Waals surface area contributed by atoms with Crippen molar-refractivity contribution in [1.29, 1.82) is 0 Å². The fourth-order valence-electron chi connectivity index (χ4n) is 1.58. The Balaban J connectivity index is 2.11. The Morgan fingerprint density at radius 2 is 2.06 bits per heavy atom. The minimum absolute atomic E-state index is 0.0214. The smallest absolute Gasteiger partial charge is 0.250 e. The zero-order chi connectivity index (χ0) is 13.0. The summed E-state index contributed by atoms with van der Waals surface area (Å²) in [5, 5.41) is 0. The first kappa shape index (κ1) is 12.8. The van der Waals surface area contributed by atoms with Gasteiger partial charge in [-0.15, -0.1) is 11.8 Å². The predicted octanol–water partition coefficient (Wildman–Crippen LogP) is 2.69. The van der Waals surface area contributed by atoms with Gasteiger partial charge in [0, 0.05) is 30.0 Å². The van der Waals surface area contributed by atoms with Crippen molar-refractivity contribution in [2.24, 2.45) is 7.05 Å². The molecule has 1 aromatic carbocycles. The van der Waals surface area contributed by atoms with Gasteiger partial charge in [0.2, 0.25) is 0 Å². The molecule has 0 aliphatic heterocycles. The summed E-state index contributed by atoms with van der Waals surface area (Å²) in [5.41, 5.74) is 1.04. The van der Waals surface area contributed by atoms with Crippen LogP contribution in [0.3, 0.4) is 0 Å². The normalized spacial score (nSPS) is 10.3. The van der Waals surface area contributed by atoms with Gasteiger partial charge in [0.1, 0.15) is 5.75 Å². The molecule has 0 aliphatic rings. The van der Waals surface area contributed by atoms with Crippen LogP contribution < -0.4 is 10.3 Å². The number of methoxy groups -OCH3 is 1. The fourth-order valence-corrected chi connectivity index (χ4v) is 2.55. The van der Waals surface area contributed by atoms with Crippen LogP contribution in [0.15, 0.2) is 52.3 Å². The van der Waals surface area contributed by atoms with Gasteiger partial charge in [0.05, 0.1) is 7.11 Å². The van der Waals surface area contributed by atoms with E-state index in [-0.39, 0.29) is 5.56 Å². The molecule has 0 amide bonds. The van der Waals surface area contributed by atoms with E-state index < -0.39 is 0 Å². The van der Waals surface area contributed by atoms with Crippen LogP contribution in [-0.4, -0.2) is 11.7 Å². The molecule has 18 heavy (non-hydrogen) atoms. The number of pyridine rings is 1. The number of rotatable bonds is 4. The highest BCUT2D eigenvalue weighted by Gasteiger charge is 2.03. The van der Waals surface area contributed by atoms with E-state index in [0.29, 0.717) is 0 Å². The number of thioether (sulfide) groups is 1. The first-order valence-corrected chi connectivity index (χ1v) is 6.60. The van der Waals surface area contributed by atoms with Gasteiger partial charge < -0.3 is 9.30 Å². The van der Waals surface area contributed by atoms with E-state index in [0.717, 1.165) is 22.0 Å². The molecule has 0 radical (unpaired) electrons. The summed E-state index contributed by atoms with van der Waals surface area (Å²) in [6, 6.07) is 11.5. The Labute approximate surface area is 110 Å². The number of ether oxygens (including phenoxy) is 1. The van der Waals surface area contributed by atoms with E-state index in [9.17, 15) is 4.79 Å². The van der Waals surface area contributed by atoms with Crippen molar-refractivity contribution in [3.63, 3.8) is 0 Å². The Bertz CT molecular complexity index is 592. The maximum absolute atomic E-state index is 11.5. The number of aromatic nitrogens is 1. The van der Waals surface area contributed by atoms with Gasteiger partial charge in [0.15, 0.2) is 0 Å². The molecule has 2 aromatic rings. The quantitative estimate of drug-likeness (QED) is 0.793. The van der Waals surface area contributed by atoms with Gasteiger partial charge in [-0.3, -0.25) is 4.79 Å². The number of para-hydroxylation sites is 1. The lowest BCUT2D eigenvalue weighted by atomic mass is 10.3. The summed E-state index contributed by atoms with van der Waals surface area (Å²) in [6.45, 7) is 0. The number of benzene rings is 1. The zero-order valence-corrected chi connectivity index (χ0v) is 11.2. The van der Waals surface area contributed by atoms with Gasteiger partial charge >= 0.3 is 0 Å².